The molecule has 2 aliphatic heterocycles. The molecule has 3 nitrogen and oxygen atoms in total. The topological polar surface area (TPSA) is 37.8 Å². The van der Waals surface area contributed by atoms with Crippen molar-refractivity contribution in [2.24, 2.45) is 0 Å². The minimum atomic E-state index is 0.465. The molecule has 0 aromatic carbocycles. The Bertz CT molecular complexity index is 492. The van der Waals surface area contributed by atoms with E-state index in [9.17, 15) is 0 Å². The van der Waals surface area contributed by atoms with Crippen LogP contribution < -0.4 is 5.32 Å². The number of aryl methyl sites for hydroxylation is 1. The van der Waals surface area contributed by atoms with Crippen molar-refractivity contribution in [2.45, 2.75) is 62.5 Å². The third-order valence-corrected chi connectivity index (χ3v) is 7.50. The fourth-order valence-corrected chi connectivity index (χ4v) is 5.61. The van der Waals surface area contributed by atoms with E-state index in [0.717, 1.165) is 42.8 Å². The SMILES string of the molecule is CCCc1nc(C2CSC(C)C(C)S2)nc2c1CNC2. The van der Waals surface area contributed by atoms with Gasteiger partial charge in [0.15, 0.2) is 0 Å². The number of aromatic nitrogens is 2. The Morgan fingerprint density at radius 2 is 2.05 bits per heavy atom. The number of nitrogens with zero attached hydrogens (tertiary/aromatic N) is 2. The smallest absolute Gasteiger partial charge is 0.142 e. The van der Waals surface area contributed by atoms with Crippen LogP contribution in [0.15, 0.2) is 0 Å². The van der Waals surface area contributed by atoms with Crippen molar-refractivity contribution in [2.75, 3.05) is 5.75 Å². The van der Waals surface area contributed by atoms with E-state index in [1.807, 2.05) is 0 Å². The first-order chi connectivity index (χ1) is 9.69. The number of fused-ring (bicyclic) bond motifs is 1. The van der Waals surface area contributed by atoms with Crippen LogP contribution in [0.5, 0.6) is 0 Å². The third-order valence-electron chi connectivity index (χ3n) is 4.12. The van der Waals surface area contributed by atoms with Gasteiger partial charge < -0.3 is 5.32 Å². The Balaban J connectivity index is 1.88. The molecular formula is C15H23N3S2. The average molecular weight is 310 g/mol. The Labute approximate surface area is 130 Å². The van der Waals surface area contributed by atoms with Crippen LogP contribution in [-0.2, 0) is 19.5 Å². The van der Waals surface area contributed by atoms with E-state index in [4.69, 9.17) is 9.97 Å². The predicted molar refractivity (Wildman–Crippen MR) is 88.3 cm³/mol. The Kier molecular flexibility index (Phi) is 4.58. The summed E-state index contributed by atoms with van der Waals surface area (Å²) in [6.07, 6.45) is 2.24. The van der Waals surface area contributed by atoms with Crippen LogP contribution in [0.2, 0.25) is 0 Å². The molecule has 3 unspecified atom stereocenters. The van der Waals surface area contributed by atoms with E-state index in [1.165, 1.54) is 17.0 Å². The van der Waals surface area contributed by atoms with Crippen LogP contribution in [0.3, 0.4) is 0 Å². The summed E-state index contributed by atoms with van der Waals surface area (Å²) < 4.78 is 0. The monoisotopic (exact) mass is 309 g/mol. The molecule has 0 bridgehead atoms. The quantitative estimate of drug-likeness (QED) is 0.927. The van der Waals surface area contributed by atoms with Gasteiger partial charge in [-0.2, -0.15) is 11.8 Å². The van der Waals surface area contributed by atoms with Crippen LogP contribution in [0.4, 0.5) is 0 Å². The summed E-state index contributed by atoms with van der Waals surface area (Å²) in [5, 5.41) is 5.31. The molecule has 3 atom stereocenters. The summed E-state index contributed by atoms with van der Waals surface area (Å²) in [7, 11) is 0. The standard InChI is InChI=1S/C15H23N3S2/c1-4-5-12-11-6-16-7-13(11)18-15(17-12)14-8-19-9(2)10(3)20-14/h9-10,14,16H,4-8H2,1-3H3. The van der Waals surface area contributed by atoms with Crippen molar-refractivity contribution in [1.29, 1.82) is 0 Å². The number of hydrogen-bond donors (Lipinski definition) is 1. The van der Waals surface area contributed by atoms with E-state index in [2.05, 4.69) is 49.6 Å². The molecule has 2 aliphatic rings. The Morgan fingerprint density at radius 3 is 2.80 bits per heavy atom. The van der Waals surface area contributed by atoms with Crippen LogP contribution in [0.1, 0.15) is 55.2 Å². The van der Waals surface area contributed by atoms with Gasteiger partial charge in [-0.1, -0.05) is 27.2 Å². The minimum Gasteiger partial charge on any atom is -0.307 e. The molecule has 0 saturated carbocycles. The van der Waals surface area contributed by atoms with E-state index in [0.29, 0.717) is 10.5 Å². The van der Waals surface area contributed by atoms with Crippen molar-refractivity contribution in [3.8, 4) is 0 Å². The maximum absolute atomic E-state index is 4.93. The Hall–Kier alpha value is -0.260. The van der Waals surface area contributed by atoms with Gasteiger partial charge in [0.1, 0.15) is 5.82 Å². The molecule has 5 heteroatoms. The van der Waals surface area contributed by atoms with Gasteiger partial charge in [0, 0.05) is 40.6 Å². The average Bonchev–Trinajstić information content (AvgIpc) is 2.90. The highest BCUT2D eigenvalue weighted by Gasteiger charge is 2.30. The van der Waals surface area contributed by atoms with E-state index < -0.39 is 0 Å². The molecule has 0 aliphatic carbocycles. The van der Waals surface area contributed by atoms with Gasteiger partial charge in [-0.25, -0.2) is 9.97 Å². The summed E-state index contributed by atoms with van der Waals surface area (Å²) in [4.78, 5) is 9.80. The summed E-state index contributed by atoms with van der Waals surface area (Å²) in [5.41, 5.74) is 3.90. The van der Waals surface area contributed by atoms with Gasteiger partial charge in [0.05, 0.1) is 10.9 Å². The van der Waals surface area contributed by atoms with Crippen molar-refractivity contribution >= 4 is 23.5 Å². The first-order valence-corrected chi connectivity index (χ1v) is 9.54. The lowest BCUT2D eigenvalue weighted by molar-refractivity contribution is 0.753. The van der Waals surface area contributed by atoms with Crippen LogP contribution in [0, 0.1) is 0 Å². The van der Waals surface area contributed by atoms with Crippen molar-refractivity contribution < 1.29 is 0 Å². The zero-order chi connectivity index (χ0) is 14.1. The third kappa shape index (κ3) is 2.85. The molecule has 0 spiro atoms. The Morgan fingerprint density at radius 1 is 1.20 bits per heavy atom. The van der Waals surface area contributed by atoms with Crippen molar-refractivity contribution in [3.63, 3.8) is 0 Å². The minimum absolute atomic E-state index is 0.465. The fraction of sp³-hybridized carbons (Fsp3) is 0.733. The van der Waals surface area contributed by atoms with E-state index in [-0.39, 0.29) is 0 Å². The lowest BCUT2D eigenvalue weighted by atomic mass is 10.1. The van der Waals surface area contributed by atoms with Crippen LogP contribution >= 0.6 is 23.5 Å². The summed E-state index contributed by atoms with van der Waals surface area (Å²) in [5.74, 6) is 2.22. The van der Waals surface area contributed by atoms with Gasteiger partial charge in [0.2, 0.25) is 0 Å². The molecule has 1 N–H and O–H groups in total. The summed E-state index contributed by atoms with van der Waals surface area (Å²) >= 11 is 4.12. The molecule has 1 fully saturated rings. The maximum Gasteiger partial charge on any atom is 0.142 e. The van der Waals surface area contributed by atoms with Crippen molar-refractivity contribution in [1.82, 2.24) is 15.3 Å². The van der Waals surface area contributed by atoms with Gasteiger partial charge in [0.25, 0.3) is 0 Å². The van der Waals surface area contributed by atoms with E-state index >= 15 is 0 Å². The van der Waals surface area contributed by atoms with Gasteiger partial charge >= 0.3 is 0 Å². The molecule has 20 heavy (non-hydrogen) atoms. The largest absolute Gasteiger partial charge is 0.307 e. The molecule has 1 saturated heterocycles. The molecule has 1 aromatic rings. The molecule has 3 rings (SSSR count). The number of thioether (sulfide) groups is 2. The highest BCUT2D eigenvalue weighted by Crippen LogP contribution is 2.43. The number of hydrogen-bond acceptors (Lipinski definition) is 5. The van der Waals surface area contributed by atoms with Gasteiger partial charge in [-0.3, -0.25) is 0 Å². The van der Waals surface area contributed by atoms with Crippen LogP contribution in [0.25, 0.3) is 0 Å². The number of nitrogens with one attached hydrogen (secondary N) is 1. The van der Waals surface area contributed by atoms with E-state index in [1.54, 1.807) is 0 Å². The normalized spacial score (nSPS) is 29.4. The summed E-state index contributed by atoms with van der Waals surface area (Å²) in [6, 6.07) is 0. The van der Waals surface area contributed by atoms with Gasteiger partial charge in [-0.15, -0.1) is 11.8 Å². The summed E-state index contributed by atoms with van der Waals surface area (Å²) in [6.45, 7) is 8.75. The lowest BCUT2D eigenvalue weighted by Gasteiger charge is -2.30. The second kappa shape index (κ2) is 6.24. The van der Waals surface area contributed by atoms with Crippen LogP contribution in [-0.4, -0.2) is 26.2 Å². The fourth-order valence-electron chi connectivity index (χ4n) is 2.77. The highest BCUT2D eigenvalue weighted by atomic mass is 32.2. The lowest BCUT2D eigenvalue weighted by Crippen LogP contribution is -2.23. The number of rotatable bonds is 3. The second-order valence-corrected chi connectivity index (χ2v) is 8.67. The van der Waals surface area contributed by atoms with Crippen molar-refractivity contribution in [3.05, 3.63) is 22.8 Å². The molecule has 0 amide bonds. The zero-order valence-corrected chi connectivity index (χ0v) is 14.1. The maximum atomic E-state index is 4.93. The highest BCUT2D eigenvalue weighted by molar-refractivity contribution is 8.07. The molecule has 0 radical (unpaired) electrons. The second-order valence-electron chi connectivity index (χ2n) is 5.68. The van der Waals surface area contributed by atoms with Gasteiger partial charge in [-0.05, 0) is 6.42 Å². The zero-order valence-electron chi connectivity index (χ0n) is 12.5. The molecule has 110 valence electrons. The molecule has 3 heterocycles. The first kappa shape index (κ1) is 14.7. The molecule has 1 aromatic heterocycles. The predicted octanol–water partition coefficient (Wildman–Crippen LogP) is 3.33. The molecular weight excluding hydrogens is 286 g/mol. The first-order valence-electron chi connectivity index (χ1n) is 7.55.